The van der Waals surface area contributed by atoms with Gasteiger partial charge in [0.2, 0.25) is 5.91 Å². The lowest BCUT2D eigenvalue weighted by molar-refractivity contribution is -0.130. The molecule has 0 spiro atoms. The van der Waals surface area contributed by atoms with Gasteiger partial charge in [-0.15, -0.1) is 0 Å². The molecule has 2 aliphatic rings. The number of rotatable bonds is 4. The molecule has 3 rings (SSSR count). The Labute approximate surface area is 144 Å². The van der Waals surface area contributed by atoms with Crippen molar-refractivity contribution in [2.75, 3.05) is 13.1 Å². The fraction of sp³-hybridized carbons (Fsp3) is 0.632. The number of nitrogens with one attached hydrogen (secondary N) is 1. The first kappa shape index (κ1) is 16.9. The summed E-state index contributed by atoms with van der Waals surface area (Å²) >= 11 is 0. The second-order valence-electron chi connectivity index (χ2n) is 7.22. The maximum absolute atomic E-state index is 12.4. The summed E-state index contributed by atoms with van der Waals surface area (Å²) < 4.78 is 0. The lowest BCUT2D eigenvalue weighted by Gasteiger charge is -2.29. The zero-order valence-electron chi connectivity index (χ0n) is 14.3. The van der Waals surface area contributed by atoms with E-state index in [-0.39, 0.29) is 11.9 Å². The molecule has 2 atom stereocenters. The van der Waals surface area contributed by atoms with Crippen LogP contribution >= 0.6 is 0 Å². The molecule has 2 heterocycles. The third kappa shape index (κ3) is 3.93. The lowest BCUT2D eigenvalue weighted by atomic mass is 9.84. The molecule has 24 heavy (non-hydrogen) atoms. The van der Waals surface area contributed by atoms with Crippen LogP contribution < -0.4 is 5.32 Å². The van der Waals surface area contributed by atoms with E-state index in [0.717, 1.165) is 32.1 Å². The second-order valence-corrected chi connectivity index (χ2v) is 7.22. The van der Waals surface area contributed by atoms with Crippen LogP contribution in [-0.2, 0) is 4.79 Å². The highest BCUT2D eigenvalue weighted by Crippen LogP contribution is 2.31. The number of aromatic nitrogens is 1. The van der Waals surface area contributed by atoms with Crippen LogP contribution in [0, 0.1) is 17.2 Å². The third-order valence-corrected chi connectivity index (χ3v) is 5.35. The monoisotopic (exact) mass is 326 g/mol. The molecule has 1 aromatic heterocycles. The van der Waals surface area contributed by atoms with Gasteiger partial charge in [0.25, 0.3) is 0 Å². The fourth-order valence-corrected chi connectivity index (χ4v) is 3.99. The number of nitriles is 1. The molecule has 1 amide bonds. The van der Waals surface area contributed by atoms with Crippen molar-refractivity contribution in [2.24, 2.45) is 5.92 Å². The van der Waals surface area contributed by atoms with Crippen molar-refractivity contribution >= 4 is 5.91 Å². The van der Waals surface area contributed by atoms with Gasteiger partial charge in [0.1, 0.15) is 6.04 Å². The SMILES string of the molecule is CC1CC(C#N)N(C(=O)CNC2CCC(c3ccccn3)CC2)C1. The van der Waals surface area contributed by atoms with Crippen molar-refractivity contribution in [3.05, 3.63) is 30.1 Å². The summed E-state index contributed by atoms with van der Waals surface area (Å²) in [6, 6.07) is 8.53. The topological polar surface area (TPSA) is 69.0 Å². The van der Waals surface area contributed by atoms with Crippen LogP contribution in [0.25, 0.3) is 0 Å². The van der Waals surface area contributed by atoms with E-state index in [9.17, 15) is 10.1 Å². The molecule has 5 heteroatoms. The van der Waals surface area contributed by atoms with Crippen LogP contribution in [-0.4, -0.2) is 41.0 Å². The summed E-state index contributed by atoms with van der Waals surface area (Å²) in [4.78, 5) is 18.6. The minimum absolute atomic E-state index is 0.0674. The number of likely N-dealkylation sites (tertiary alicyclic amines) is 1. The minimum atomic E-state index is -0.241. The van der Waals surface area contributed by atoms with Gasteiger partial charge >= 0.3 is 0 Å². The highest BCUT2D eigenvalue weighted by molar-refractivity contribution is 5.79. The molecule has 128 valence electrons. The average molecular weight is 326 g/mol. The van der Waals surface area contributed by atoms with Gasteiger partial charge in [0, 0.05) is 30.4 Å². The first-order chi connectivity index (χ1) is 11.7. The number of nitrogens with zero attached hydrogens (tertiary/aromatic N) is 3. The van der Waals surface area contributed by atoms with E-state index in [1.165, 1.54) is 5.69 Å². The van der Waals surface area contributed by atoms with E-state index >= 15 is 0 Å². The summed E-state index contributed by atoms with van der Waals surface area (Å²) in [6.45, 7) is 3.17. The standard InChI is InChI=1S/C19H26N4O/c1-14-10-17(11-20)23(13-14)19(24)12-22-16-7-5-15(6-8-16)18-4-2-3-9-21-18/h2-4,9,14-17,22H,5-8,10,12-13H2,1H3. The number of carbonyl (C=O) groups excluding carboxylic acids is 1. The number of carbonyl (C=O) groups is 1. The van der Waals surface area contributed by atoms with Gasteiger partial charge in [-0.1, -0.05) is 13.0 Å². The highest BCUT2D eigenvalue weighted by atomic mass is 16.2. The number of pyridine rings is 1. The van der Waals surface area contributed by atoms with Gasteiger partial charge < -0.3 is 10.2 Å². The molecule has 1 saturated carbocycles. The van der Waals surface area contributed by atoms with E-state index in [0.29, 0.717) is 31.0 Å². The van der Waals surface area contributed by atoms with Crippen LogP contribution in [0.1, 0.15) is 50.6 Å². The van der Waals surface area contributed by atoms with Crippen molar-refractivity contribution in [2.45, 2.75) is 57.0 Å². The van der Waals surface area contributed by atoms with E-state index in [1.807, 2.05) is 18.3 Å². The van der Waals surface area contributed by atoms with E-state index in [4.69, 9.17) is 0 Å². The Bertz CT molecular complexity index is 589. The molecule has 0 bridgehead atoms. The third-order valence-electron chi connectivity index (χ3n) is 5.35. The molecule has 2 unspecified atom stereocenters. The predicted molar refractivity (Wildman–Crippen MR) is 92.1 cm³/mol. The zero-order valence-corrected chi connectivity index (χ0v) is 14.3. The quantitative estimate of drug-likeness (QED) is 0.923. The van der Waals surface area contributed by atoms with Gasteiger partial charge in [0.15, 0.2) is 0 Å². The van der Waals surface area contributed by atoms with E-state index < -0.39 is 0 Å². The molecule has 1 N–H and O–H groups in total. The molecule has 1 aliphatic carbocycles. The maximum Gasteiger partial charge on any atom is 0.237 e. The van der Waals surface area contributed by atoms with Crippen LogP contribution in [0.4, 0.5) is 0 Å². The van der Waals surface area contributed by atoms with E-state index in [1.54, 1.807) is 4.90 Å². The average Bonchev–Trinajstić information content (AvgIpc) is 3.02. The summed E-state index contributed by atoms with van der Waals surface area (Å²) in [5, 5.41) is 12.6. The Balaban J connectivity index is 1.44. The van der Waals surface area contributed by atoms with Crippen LogP contribution in [0.2, 0.25) is 0 Å². The first-order valence-electron chi connectivity index (χ1n) is 9.00. The summed E-state index contributed by atoms with van der Waals surface area (Å²) in [5.74, 6) is 1.03. The van der Waals surface area contributed by atoms with Crippen LogP contribution in [0.3, 0.4) is 0 Å². The predicted octanol–water partition coefficient (Wildman–Crippen LogP) is 2.46. The highest BCUT2D eigenvalue weighted by Gasteiger charge is 2.33. The summed E-state index contributed by atoms with van der Waals surface area (Å²) in [5.41, 5.74) is 1.19. The maximum atomic E-state index is 12.4. The smallest absolute Gasteiger partial charge is 0.237 e. The van der Waals surface area contributed by atoms with Crippen molar-refractivity contribution in [3.8, 4) is 6.07 Å². The summed E-state index contributed by atoms with van der Waals surface area (Å²) in [7, 11) is 0. The van der Waals surface area contributed by atoms with Crippen molar-refractivity contribution in [3.63, 3.8) is 0 Å². The molecular formula is C19H26N4O. The molecule has 0 aromatic carbocycles. The number of amides is 1. The molecular weight excluding hydrogens is 300 g/mol. The van der Waals surface area contributed by atoms with Gasteiger partial charge in [0.05, 0.1) is 12.6 Å². The number of hydrogen-bond donors (Lipinski definition) is 1. The Morgan fingerprint density at radius 2 is 2.17 bits per heavy atom. The largest absolute Gasteiger partial charge is 0.325 e. The molecule has 1 aliphatic heterocycles. The molecule has 2 fully saturated rings. The Morgan fingerprint density at radius 1 is 1.38 bits per heavy atom. The molecule has 1 saturated heterocycles. The van der Waals surface area contributed by atoms with Gasteiger partial charge in [-0.3, -0.25) is 9.78 Å². The molecule has 5 nitrogen and oxygen atoms in total. The molecule has 1 aromatic rings. The molecule has 0 radical (unpaired) electrons. The van der Waals surface area contributed by atoms with Crippen LogP contribution in [0.5, 0.6) is 0 Å². The minimum Gasteiger partial charge on any atom is -0.325 e. The van der Waals surface area contributed by atoms with Crippen molar-refractivity contribution < 1.29 is 4.79 Å². The van der Waals surface area contributed by atoms with Gasteiger partial charge in [-0.2, -0.15) is 5.26 Å². The lowest BCUT2D eigenvalue weighted by Crippen LogP contribution is -2.44. The summed E-state index contributed by atoms with van der Waals surface area (Å²) in [6.07, 6.45) is 7.05. The zero-order chi connectivity index (χ0) is 16.9. The van der Waals surface area contributed by atoms with Gasteiger partial charge in [-0.05, 0) is 50.2 Å². The van der Waals surface area contributed by atoms with Crippen molar-refractivity contribution in [1.82, 2.24) is 15.2 Å². The second kappa shape index (κ2) is 7.76. The van der Waals surface area contributed by atoms with E-state index in [2.05, 4.69) is 29.4 Å². The van der Waals surface area contributed by atoms with Crippen LogP contribution in [0.15, 0.2) is 24.4 Å². The Kier molecular flexibility index (Phi) is 5.47. The van der Waals surface area contributed by atoms with Gasteiger partial charge in [-0.25, -0.2) is 0 Å². The Morgan fingerprint density at radius 3 is 2.83 bits per heavy atom. The van der Waals surface area contributed by atoms with Crippen molar-refractivity contribution in [1.29, 1.82) is 5.26 Å². The normalized spacial score (nSPS) is 30.1. The number of hydrogen-bond acceptors (Lipinski definition) is 4. The fourth-order valence-electron chi connectivity index (χ4n) is 3.99. The Hall–Kier alpha value is -1.93. The first-order valence-corrected chi connectivity index (χ1v) is 9.00.